The molecule has 0 amide bonds. The number of rotatable bonds is 7. The summed E-state index contributed by atoms with van der Waals surface area (Å²) in [4.78, 5) is 0. The number of hydrogen-bond donors (Lipinski definition) is 2. The number of hydrogen-bond acceptors (Lipinski definition) is 4. The Labute approximate surface area is 91.3 Å². The maximum atomic E-state index is 11.8. The van der Waals surface area contributed by atoms with Crippen LogP contribution >= 0.6 is 0 Å². The SMILES string of the molecule is NCCS(=O)(=O)N(CCCO)C1CCC1. The van der Waals surface area contributed by atoms with E-state index in [4.69, 9.17) is 10.8 Å². The summed E-state index contributed by atoms with van der Waals surface area (Å²) in [6.07, 6.45) is 3.48. The van der Waals surface area contributed by atoms with E-state index in [1.165, 1.54) is 4.31 Å². The highest BCUT2D eigenvalue weighted by Crippen LogP contribution is 2.27. The average Bonchev–Trinajstić information content (AvgIpc) is 2.08. The highest BCUT2D eigenvalue weighted by molar-refractivity contribution is 7.89. The molecule has 1 aliphatic rings. The second-order valence-corrected chi connectivity index (χ2v) is 5.92. The maximum Gasteiger partial charge on any atom is 0.215 e. The van der Waals surface area contributed by atoms with Gasteiger partial charge in [-0.05, 0) is 19.3 Å². The molecule has 6 heteroatoms. The van der Waals surface area contributed by atoms with Crippen LogP contribution in [0.25, 0.3) is 0 Å². The van der Waals surface area contributed by atoms with Crippen LogP contribution in [0.3, 0.4) is 0 Å². The molecule has 0 atom stereocenters. The lowest BCUT2D eigenvalue weighted by Gasteiger charge is -2.36. The monoisotopic (exact) mass is 236 g/mol. The number of nitrogens with two attached hydrogens (primary N) is 1. The molecule has 1 rings (SSSR count). The Morgan fingerprint density at radius 2 is 2.07 bits per heavy atom. The predicted molar refractivity (Wildman–Crippen MR) is 58.9 cm³/mol. The van der Waals surface area contributed by atoms with Crippen LogP contribution in [0.1, 0.15) is 25.7 Å². The summed E-state index contributed by atoms with van der Waals surface area (Å²) in [5.41, 5.74) is 5.29. The van der Waals surface area contributed by atoms with Gasteiger partial charge in [0.1, 0.15) is 0 Å². The van der Waals surface area contributed by atoms with Gasteiger partial charge in [0, 0.05) is 25.7 Å². The summed E-state index contributed by atoms with van der Waals surface area (Å²) >= 11 is 0. The van der Waals surface area contributed by atoms with Crippen molar-refractivity contribution in [2.24, 2.45) is 5.73 Å². The van der Waals surface area contributed by atoms with E-state index in [1.807, 2.05) is 0 Å². The Balaban J connectivity index is 2.61. The van der Waals surface area contributed by atoms with Crippen molar-refractivity contribution in [2.75, 3.05) is 25.4 Å². The fourth-order valence-corrected chi connectivity index (χ4v) is 3.32. The molecule has 0 heterocycles. The first-order chi connectivity index (χ1) is 7.11. The van der Waals surface area contributed by atoms with Crippen molar-refractivity contribution < 1.29 is 13.5 Å². The van der Waals surface area contributed by atoms with Gasteiger partial charge < -0.3 is 10.8 Å². The van der Waals surface area contributed by atoms with E-state index in [9.17, 15) is 8.42 Å². The van der Waals surface area contributed by atoms with E-state index in [0.717, 1.165) is 19.3 Å². The molecule has 0 spiro atoms. The normalized spacial score (nSPS) is 18.1. The van der Waals surface area contributed by atoms with Gasteiger partial charge in [0.15, 0.2) is 0 Å². The van der Waals surface area contributed by atoms with Crippen LogP contribution in [-0.4, -0.2) is 49.3 Å². The molecule has 0 aliphatic heterocycles. The Morgan fingerprint density at radius 1 is 1.40 bits per heavy atom. The lowest BCUT2D eigenvalue weighted by atomic mass is 9.93. The third-order valence-electron chi connectivity index (χ3n) is 2.75. The minimum Gasteiger partial charge on any atom is -0.396 e. The van der Waals surface area contributed by atoms with Gasteiger partial charge in [0.05, 0.1) is 5.75 Å². The summed E-state index contributed by atoms with van der Waals surface area (Å²) in [6, 6.07) is 0.146. The second kappa shape index (κ2) is 5.79. The van der Waals surface area contributed by atoms with Crippen LogP contribution < -0.4 is 5.73 Å². The zero-order chi connectivity index (χ0) is 11.3. The summed E-state index contributed by atoms with van der Waals surface area (Å²) in [5.74, 6) is 0.00886. The highest BCUT2D eigenvalue weighted by atomic mass is 32.2. The van der Waals surface area contributed by atoms with Crippen molar-refractivity contribution in [3.8, 4) is 0 Å². The summed E-state index contributed by atoms with van der Waals surface area (Å²) < 4.78 is 25.2. The molecule has 1 fully saturated rings. The molecule has 5 nitrogen and oxygen atoms in total. The molecular formula is C9H20N2O3S. The number of sulfonamides is 1. The molecule has 1 saturated carbocycles. The van der Waals surface area contributed by atoms with Gasteiger partial charge in [-0.15, -0.1) is 0 Å². The van der Waals surface area contributed by atoms with Gasteiger partial charge in [-0.1, -0.05) is 6.42 Å². The first-order valence-electron chi connectivity index (χ1n) is 5.42. The fraction of sp³-hybridized carbons (Fsp3) is 1.00. The van der Waals surface area contributed by atoms with Crippen LogP contribution in [-0.2, 0) is 10.0 Å². The minimum atomic E-state index is -3.21. The third-order valence-corrected chi connectivity index (χ3v) is 4.70. The highest BCUT2D eigenvalue weighted by Gasteiger charge is 2.32. The molecule has 1 aliphatic carbocycles. The van der Waals surface area contributed by atoms with Crippen LogP contribution in [0.15, 0.2) is 0 Å². The maximum absolute atomic E-state index is 11.8. The lowest BCUT2D eigenvalue weighted by molar-refractivity contribution is 0.198. The first kappa shape index (κ1) is 12.9. The molecule has 0 bridgehead atoms. The molecule has 0 unspecified atom stereocenters. The predicted octanol–water partition coefficient (Wildman–Crippen LogP) is -0.488. The molecule has 0 aromatic heterocycles. The minimum absolute atomic E-state index is 0.00886. The zero-order valence-corrected chi connectivity index (χ0v) is 9.75. The van der Waals surface area contributed by atoms with E-state index in [-0.39, 0.29) is 24.9 Å². The summed E-state index contributed by atoms with van der Waals surface area (Å²) in [7, 11) is -3.21. The smallest absolute Gasteiger partial charge is 0.215 e. The van der Waals surface area contributed by atoms with Crippen LogP contribution in [0, 0.1) is 0 Å². The standard InChI is InChI=1S/C9H20N2O3S/c10-5-8-15(13,14)11(6-2-7-12)9-3-1-4-9/h9,12H,1-8,10H2. The van der Waals surface area contributed by atoms with Crippen LogP contribution in [0.2, 0.25) is 0 Å². The molecule has 0 aromatic carbocycles. The second-order valence-electron chi connectivity index (χ2n) is 3.88. The first-order valence-corrected chi connectivity index (χ1v) is 7.03. The van der Waals surface area contributed by atoms with E-state index >= 15 is 0 Å². The molecule has 15 heavy (non-hydrogen) atoms. The molecule has 0 radical (unpaired) electrons. The Hall–Kier alpha value is -0.170. The van der Waals surface area contributed by atoms with E-state index in [2.05, 4.69) is 0 Å². The molecule has 0 aromatic rings. The van der Waals surface area contributed by atoms with Crippen LogP contribution in [0.4, 0.5) is 0 Å². The van der Waals surface area contributed by atoms with Crippen molar-refractivity contribution in [2.45, 2.75) is 31.7 Å². The van der Waals surface area contributed by atoms with Gasteiger partial charge in [0.25, 0.3) is 0 Å². The van der Waals surface area contributed by atoms with Crippen LogP contribution in [0.5, 0.6) is 0 Å². The van der Waals surface area contributed by atoms with Crippen molar-refractivity contribution in [3.63, 3.8) is 0 Å². The average molecular weight is 236 g/mol. The van der Waals surface area contributed by atoms with Crippen molar-refractivity contribution >= 4 is 10.0 Å². The van der Waals surface area contributed by atoms with Gasteiger partial charge in [-0.25, -0.2) is 8.42 Å². The Morgan fingerprint density at radius 3 is 2.47 bits per heavy atom. The van der Waals surface area contributed by atoms with Gasteiger partial charge in [0.2, 0.25) is 10.0 Å². The fourth-order valence-electron chi connectivity index (χ4n) is 1.72. The Bertz CT molecular complexity index is 275. The van der Waals surface area contributed by atoms with E-state index in [0.29, 0.717) is 13.0 Å². The van der Waals surface area contributed by atoms with Gasteiger partial charge >= 0.3 is 0 Å². The van der Waals surface area contributed by atoms with Crippen molar-refractivity contribution in [1.29, 1.82) is 0 Å². The summed E-state index contributed by atoms with van der Waals surface area (Å²) in [6.45, 7) is 0.607. The molecule has 3 N–H and O–H groups in total. The van der Waals surface area contributed by atoms with E-state index in [1.54, 1.807) is 0 Å². The quantitative estimate of drug-likeness (QED) is 0.625. The topological polar surface area (TPSA) is 83.6 Å². The number of aliphatic hydroxyl groups excluding tert-OH is 1. The lowest BCUT2D eigenvalue weighted by Crippen LogP contribution is -2.46. The van der Waals surface area contributed by atoms with Crippen molar-refractivity contribution in [3.05, 3.63) is 0 Å². The molecule has 90 valence electrons. The van der Waals surface area contributed by atoms with E-state index < -0.39 is 10.0 Å². The largest absolute Gasteiger partial charge is 0.396 e. The van der Waals surface area contributed by atoms with Gasteiger partial charge in [-0.2, -0.15) is 4.31 Å². The summed E-state index contributed by atoms with van der Waals surface area (Å²) in [5, 5.41) is 8.74. The number of nitrogens with zero attached hydrogens (tertiary/aromatic N) is 1. The number of aliphatic hydroxyl groups is 1. The van der Waals surface area contributed by atoms with Gasteiger partial charge in [-0.3, -0.25) is 0 Å². The molecular weight excluding hydrogens is 216 g/mol. The molecule has 0 saturated heterocycles. The van der Waals surface area contributed by atoms with Crippen molar-refractivity contribution in [1.82, 2.24) is 4.31 Å². The third kappa shape index (κ3) is 3.41. The zero-order valence-electron chi connectivity index (χ0n) is 8.93. The Kier molecular flexibility index (Phi) is 4.98.